The molecule has 2 fully saturated rings. The molecular weight excluding hydrogens is 449 g/mol. The molecule has 1 aromatic rings. The van der Waals surface area contributed by atoms with Crippen LogP contribution in [0.3, 0.4) is 0 Å². The zero-order valence-corrected chi connectivity index (χ0v) is 19.1. The van der Waals surface area contributed by atoms with Crippen LogP contribution in [0.5, 0.6) is 0 Å². The van der Waals surface area contributed by atoms with E-state index in [1.54, 1.807) is 0 Å². The topological polar surface area (TPSA) is 110 Å². The van der Waals surface area contributed by atoms with E-state index in [1.165, 1.54) is 23.1 Å². The maximum absolute atomic E-state index is 13.3. The summed E-state index contributed by atoms with van der Waals surface area (Å²) in [5.41, 5.74) is -0.803. The molecule has 2 N–H and O–H groups in total. The molecule has 3 atom stereocenters. The van der Waals surface area contributed by atoms with E-state index in [9.17, 15) is 23.6 Å². The third kappa shape index (κ3) is 4.76. The van der Waals surface area contributed by atoms with Gasteiger partial charge in [0, 0.05) is 18.0 Å². The van der Waals surface area contributed by atoms with Gasteiger partial charge < -0.3 is 10.0 Å². The standard InChI is InChI=1S/C20H25Cl2N3O4S/c1-12(2)7-18(26)25-10-14(9-16(25)19(27)24-20(11-23)5-6-20)30(28,29)17-4-3-13(21)8-15(17)22/h3-4,8,12,14,16,19,24,27H,5-7,9-10H2,1-2H3. The minimum absolute atomic E-state index is 0.0195. The van der Waals surface area contributed by atoms with Crippen molar-refractivity contribution in [2.75, 3.05) is 6.54 Å². The normalized spacial score (nSPS) is 24.0. The Labute approximate surface area is 186 Å². The van der Waals surface area contributed by atoms with Gasteiger partial charge in [-0.25, -0.2) is 8.42 Å². The second kappa shape index (κ2) is 8.64. The summed E-state index contributed by atoms with van der Waals surface area (Å²) in [5.74, 6) is -0.143. The number of hydrogen-bond donors (Lipinski definition) is 2. The van der Waals surface area contributed by atoms with Gasteiger partial charge in [-0.05, 0) is 43.4 Å². The van der Waals surface area contributed by atoms with Gasteiger partial charge in [-0.1, -0.05) is 37.0 Å². The zero-order valence-electron chi connectivity index (χ0n) is 16.8. The molecule has 0 radical (unpaired) electrons. The molecule has 0 spiro atoms. The van der Waals surface area contributed by atoms with Gasteiger partial charge in [-0.3, -0.25) is 10.1 Å². The SMILES string of the molecule is CC(C)CC(=O)N1CC(S(=O)(=O)c2ccc(Cl)cc2Cl)CC1C(O)NC1(C#N)CC1. The quantitative estimate of drug-likeness (QED) is 0.588. The number of amides is 1. The maximum Gasteiger partial charge on any atom is 0.223 e. The summed E-state index contributed by atoms with van der Waals surface area (Å²) in [6.45, 7) is 3.75. The van der Waals surface area contributed by atoms with Crippen molar-refractivity contribution in [3.8, 4) is 6.07 Å². The number of nitriles is 1. The number of halogens is 2. The molecule has 1 aliphatic heterocycles. The summed E-state index contributed by atoms with van der Waals surface area (Å²) in [7, 11) is -3.87. The van der Waals surface area contributed by atoms with Crippen LogP contribution < -0.4 is 5.32 Å². The number of carbonyl (C=O) groups excluding carboxylic acids is 1. The summed E-state index contributed by atoms with van der Waals surface area (Å²) in [6, 6.07) is 5.56. The largest absolute Gasteiger partial charge is 0.376 e. The molecule has 2 aliphatic rings. The van der Waals surface area contributed by atoms with Gasteiger partial charge in [0.2, 0.25) is 5.91 Å². The number of carbonyl (C=O) groups is 1. The first-order valence-electron chi connectivity index (χ1n) is 9.84. The average molecular weight is 474 g/mol. The van der Waals surface area contributed by atoms with E-state index < -0.39 is 32.9 Å². The molecule has 0 aromatic heterocycles. The lowest BCUT2D eigenvalue weighted by molar-refractivity contribution is -0.135. The van der Waals surface area contributed by atoms with Crippen molar-refractivity contribution in [3.05, 3.63) is 28.2 Å². The Morgan fingerprint density at radius 2 is 2.07 bits per heavy atom. The predicted octanol–water partition coefficient (Wildman–Crippen LogP) is 2.75. The molecule has 1 saturated heterocycles. The van der Waals surface area contributed by atoms with E-state index in [0.29, 0.717) is 17.9 Å². The first-order chi connectivity index (χ1) is 14.0. The molecule has 1 aromatic carbocycles. The fourth-order valence-electron chi connectivity index (χ4n) is 3.78. The summed E-state index contributed by atoms with van der Waals surface area (Å²) in [4.78, 5) is 14.2. The minimum atomic E-state index is -3.87. The van der Waals surface area contributed by atoms with E-state index in [2.05, 4.69) is 11.4 Å². The first-order valence-corrected chi connectivity index (χ1v) is 12.1. The van der Waals surface area contributed by atoms with E-state index in [4.69, 9.17) is 23.2 Å². The molecule has 1 amide bonds. The Balaban J connectivity index is 1.88. The predicted molar refractivity (Wildman–Crippen MR) is 114 cm³/mol. The number of rotatable bonds is 7. The van der Waals surface area contributed by atoms with Crippen molar-refractivity contribution >= 4 is 38.9 Å². The summed E-state index contributed by atoms with van der Waals surface area (Å²) in [5, 5.41) is 22.4. The number of sulfone groups is 1. The van der Waals surface area contributed by atoms with Gasteiger partial charge >= 0.3 is 0 Å². The summed E-state index contributed by atoms with van der Waals surface area (Å²) < 4.78 is 26.5. The van der Waals surface area contributed by atoms with Crippen LogP contribution in [0.1, 0.15) is 39.5 Å². The molecular formula is C20H25Cl2N3O4S. The van der Waals surface area contributed by atoms with Crippen LogP contribution in [0.4, 0.5) is 0 Å². The summed E-state index contributed by atoms with van der Waals surface area (Å²) >= 11 is 12.0. The number of likely N-dealkylation sites (tertiary alicyclic amines) is 1. The van der Waals surface area contributed by atoms with Gasteiger partial charge in [-0.2, -0.15) is 5.26 Å². The molecule has 1 aliphatic carbocycles. The number of hydrogen-bond acceptors (Lipinski definition) is 6. The molecule has 1 saturated carbocycles. The number of aliphatic hydroxyl groups is 1. The molecule has 3 rings (SSSR count). The second-order valence-electron chi connectivity index (χ2n) is 8.47. The first kappa shape index (κ1) is 23.3. The van der Waals surface area contributed by atoms with E-state index >= 15 is 0 Å². The highest BCUT2D eigenvalue weighted by atomic mass is 35.5. The lowest BCUT2D eigenvalue weighted by Gasteiger charge is -2.30. The molecule has 7 nitrogen and oxygen atoms in total. The Morgan fingerprint density at radius 1 is 1.40 bits per heavy atom. The van der Waals surface area contributed by atoms with Gasteiger partial charge in [0.05, 0.1) is 27.3 Å². The zero-order chi connectivity index (χ0) is 22.3. The van der Waals surface area contributed by atoms with Crippen LogP contribution in [-0.4, -0.2) is 53.9 Å². The van der Waals surface area contributed by atoms with Gasteiger partial charge in [0.1, 0.15) is 11.8 Å². The van der Waals surface area contributed by atoms with Crippen molar-refractivity contribution < 1.29 is 18.3 Å². The van der Waals surface area contributed by atoms with E-state index in [1.807, 2.05) is 13.8 Å². The van der Waals surface area contributed by atoms with Crippen LogP contribution in [0, 0.1) is 17.2 Å². The van der Waals surface area contributed by atoms with Gasteiger partial charge in [0.25, 0.3) is 0 Å². The van der Waals surface area contributed by atoms with E-state index in [0.717, 1.165) is 0 Å². The lowest BCUT2D eigenvalue weighted by atomic mass is 10.1. The lowest BCUT2D eigenvalue weighted by Crippen LogP contribution is -2.52. The number of aliphatic hydroxyl groups excluding tert-OH is 1. The summed E-state index contributed by atoms with van der Waals surface area (Å²) in [6.07, 6.45) is 0.288. The monoisotopic (exact) mass is 473 g/mol. The number of nitrogens with one attached hydrogen (secondary N) is 1. The highest BCUT2D eigenvalue weighted by molar-refractivity contribution is 7.92. The van der Waals surface area contributed by atoms with Crippen LogP contribution in [-0.2, 0) is 14.6 Å². The van der Waals surface area contributed by atoms with Crippen molar-refractivity contribution in [3.63, 3.8) is 0 Å². The highest BCUT2D eigenvalue weighted by Gasteiger charge is 2.50. The fourth-order valence-corrected chi connectivity index (χ4v) is 6.27. The maximum atomic E-state index is 13.3. The van der Waals surface area contributed by atoms with Crippen LogP contribution in [0.25, 0.3) is 0 Å². The second-order valence-corrected chi connectivity index (χ2v) is 11.5. The van der Waals surface area contributed by atoms with Crippen LogP contribution >= 0.6 is 23.2 Å². The third-order valence-electron chi connectivity index (χ3n) is 5.60. The average Bonchev–Trinajstić information content (AvgIpc) is 3.26. The highest BCUT2D eigenvalue weighted by Crippen LogP contribution is 2.38. The Kier molecular flexibility index (Phi) is 6.71. The molecule has 30 heavy (non-hydrogen) atoms. The van der Waals surface area contributed by atoms with Crippen molar-refractivity contribution in [2.24, 2.45) is 5.92 Å². The van der Waals surface area contributed by atoms with Crippen molar-refractivity contribution in [1.82, 2.24) is 10.2 Å². The Hall–Kier alpha value is -1.37. The molecule has 0 bridgehead atoms. The molecule has 164 valence electrons. The van der Waals surface area contributed by atoms with Crippen LogP contribution in [0.15, 0.2) is 23.1 Å². The Bertz CT molecular complexity index is 973. The van der Waals surface area contributed by atoms with Gasteiger partial charge in [-0.15, -0.1) is 0 Å². The molecule has 10 heteroatoms. The van der Waals surface area contributed by atoms with Crippen LogP contribution in [0.2, 0.25) is 10.0 Å². The van der Waals surface area contributed by atoms with Crippen molar-refractivity contribution in [2.45, 2.75) is 67.5 Å². The number of benzene rings is 1. The van der Waals surface area contributed by atoms with Gasteiger partial charge in [0.15, 0.2) is 9.84 Å². The number of nitrogens with zero attached hydrogens (tertiary/aromatic N) is 2. The smallest absolute Gasteiger partial charge is 0.223 e. The molecule has 1 heterocycles. The van der Waals surface area contributed by atoms with E-state index in [-0.39, 0.29) is 41.1 Å². The Morgan fingerprint density at radius 3 is 2.60 bits per heavy atom. The third-order valence-corrected chi connectivity index (χ3v) is 8.45. The minimum Gasteiger partial charge on any atom is -0.376 e. The van der Waals surface area contributed by atoms with Crippen molar-refractivity contribution in [1.29, 1.82) is 5.26 Å². The molecule has 3 unspecified atom stereocenters. The fraction of sp³-hybridized carbons (Fsp3) is 0.600.